The molecule has 3 rings (SSSR count). The molecule has 0 spiro atoms. The lowest BCUT2D eigenvalue weighted by atomic mass is 10.1. The number of likely N-dealkylation sites (tertiary alicyclic amines) is 1. The van der Waals surface area contributed by atoms with Gasteiger partial charge in [0.1, 0.15) is 0 Å². The number of carbonyl (C=O) groups is 2. The summed E-state index contributed by atoms with van der Waals surface area (Å²) in [5, 5.41) is 6.05. The number of nitrogens with one attached hydrogen (secondary N) is 2. The van der Waals surface area contributed by atoms with Gasteiger partial charge in [-0.15, -0.1) is 0 Å². The van der Waals surface area contributed by atoms with Crippen molar-refractivity contribution in [3.8, 4) is 0 Å². The van der Waals surface area contributed by atoms with E-state index in [1.54, 1.807) is 12.1 Å². The van der Waals surface area contributed by atoms with Crippen molar-refractivity contribution in [3.05, 3.63) is 29.8 Å². The Morgan fingerprint density at radius 3 is 2.57 bits per heavy atom. The maximum atomic E-state index is 12.7. The van der Waals surface area contributed by atoms with Gasteiger partial charge in [0, 0.05) is 13.1 Å². The molecular weight excluding hydrogens is 290 g/mol. The van der Waals surface area contributed by atoms with Gasteiger partial charge in [0.15, 0.2) is 0 Å². The van der Waals surface area contributed by atoms with E-state index in [9.17, 15) is 9.59 Å². The van der Waals surface area contributed by atoms with Crippen molar-refractivity contribution in [2.45, 2.75) is 32.1 Å². The minimum absolute atomic E-state index is 0.0199. The monoisotopic (exact) mass is 315 g/mol. The van der Waals surface area contributed by atoms with Gasteiger partial charge in [0.25, 0.3) is 5.91 Å². The first-order chi connectivity index (χ1) is 11.2. The van der Waals surface area contributed by atoms with Gasteiger partial charge in [-0.3, -0.25) is 9.59 Å². The SMILES string of the molecule is O=C(CNCC1CC1)Nc1ccccc1C(=O)N1CCCCC1. The molecule has 0 atom stereocenters. The van der Waals surface area contributed by atoms with Gasteiger partial charge in [0.05, 0.1) is 17.8 Å². The van der Waals surface area contributed by atoms with Gasteiger partial charge in [-0.25, -0.2) is 0 Å². The molecule has 1 saturated heterocycles. The number of hydrogen-bond donors (Lipinski definition) is 2. The largest absolute Gasteiger partial charge is 0.339 e. The van der Waals surface area contributed by atoms with Crippen molar-refractivity contribution in [1.29, 1.82) is 0 Å². The van der Waals surface area contributed by atoms with E-state index in [4.69, 9.17) is 0 Å². The first-order valence-electron chi connectivity index (χ1n) is 8.63. The van der Waals surface area contributed by atoms with E-state index in [1.165, 1.54) is 19.3 Å². The van der Waals surface area contributed by atoms with Gasteiger partial charge in [-0.1, -0.05) is 12.1 Å². The molecule has 0 bridgehead atoms. The molecule has 1 aliphatic carbocycles. The van der Waals surface area contributed by atoms with Crippen molar-refractivity contribution in [3.63, 3.8) is 0 Å². The van der Waals surface area contributed by atoms with Crippen molar-refractivity contribution in [1.82, 2.24) is 10.2 Å². The number of piperidine rings is 1. The Morgan fingerprint density at radius 2 is 1.83 bits per heavy atom. The predicted molar refractivity (Wildman–Crippen MR) is 90.4 cm³/mol. The summed E-state index contributed by atoms with van der Waals surface area (Å²) in [7, 11) is 0. The number of para-hydroxylation sites is 1. The van der Waals surface area contributed by atoms with Crippen molar-refractivity contribution in [2.24, 2.45) is 5.92 Å². The van der Waals surface area contributed by atoms with E-state index in [0.29, 0.717) is 17.8 Å². The van der Waals surface area contributed by atoms with Crippen LogP contribution in [0.4, 0.5) is 5.69 Å². The Kier molecular flexibility index (Phi) is 5.28. The van der Waals surface area contributed by atoms with E-state index >= 15 is 0 Å². The summed E-state index contributed by atoms with van der Waals surface area (Å²) < 4.78 is 0. The minimum atomic E-state index is -0.0930. The fraction of sp³-hybridized carbons (Fsp3) is 0.556. The molecule has 23 heavy (non-hydrogen) atoms. The Labute approximate surface area is 137 Å². The number of rotatable bonds is 6. The Morgan fingerprint density at radius 1 is 1.09 bits per heavy atom. The lowest BCUT2D eigenvalue weighted by Gasteiger charge is -2.27. The molecule has 2 aliphatic rings. The van der Waals surface area contributed by atoms with Crippen LogP contribution in [0, 0.1) is 5.92 Å². The second-order valence-electron chi connectivity index (χ2n) is 6.52. The van der Waals surface area contributed by atoms with Crippen LogP contribution in [0.3, 0.4) is 0 Å². The van der Waals surface area contributed by atoms with Crippen LogP contribution in [-0.2, 0) is 4.79 Å². The van der Waals surface area contributed by atoms with Gasteiger partial charge >= 0.3 is 0 Å². The number of hydrogen-bond acceptors (Lipinski definition) is 3. The molecule has 2 fully saturated rings. The summed E-state index contributed by atoms with van der Waals surface area (Å²) >= 11 is 0. The highest BCUT2D eigenvalue weighted by Gasteiger charge is 2.22. The lowest BCUT2D eigenvalue weighted by molar-refractivity contribution is -0.115. The zero-order chi connectivity index (χ0) is 16.1. The average molecular weight is 315 g/mol. The van der Waals surface area contributed by atoms with Crippen molar-refractivity contribution >= 4 is 17.5 Å². The minimum Gasteiger partial charge on any atom is -0.339 e. The van der Waals surface area contributed by atoms with E-state index in [2.05, 4.69) is 10.6 Å². The summed E-state index contributed by atoms with van der Waals surface area (Å²) in [6, 6.07) is 7.29. The van der Waals surface area contributed by atoms with Crippen LogP contribution in [0.5, 0.6) is 0 Å². The van der Waals surface area contributed by atoms with Gasteiger partial charge in [0.2, 0.25) is 5.91 Å². The van der Waals surface area contributed by atoms with Crippen LogP contribution in [-0.4, -0.2) is 42.9 Å². The van der Waals surface area contributed by atoms with Crippen LogP contribution < -0.4 is 10.6 Å². The third-order valence-electron chi connectivity index (χ3n) is 4.49. The summed E-state index contributed by atoms with van der Waals surface area (Å²) in [5.74, 6) is 0.673. The summed E-state index contributed by atoms with van der Waals surface area (Å²) in [6.07, 6.45) is 5.84. The predicted octanol–water partition coefficient (Wildman–Crippen LogP) is 2.25. The number of carbonyl (C=O) groups excluding carboxylic acids is 2. The molecule has 2 N–H and O–H groups in total. The molecule has 1 aromatic carbocycles. The average Bonchev–Trinajstić information content (AvgIpc) is 3.40. The van der Waals surface area contributed by atoms with E-state index in [0.717, 1.165) is 38.4 Å². The van der Waals surface area contributed by atoms with Gasteiger partial charge in [-0.05, 0) is 56.7 Å². The normalized spacial score (nSPS) is 17.8. The third kappa shape index (κ3) is 4.55. The van der Waals surface area contributed by atoms with E-state index in [1.807, 2.05) is 17.0 Å². The molecule has 0 radical (unpaired) electrons. The maximum Gasteiger partial charge on any atom is 0.255 e. The Hall–Kier alpha value is -1.88. The number of anilines is 1. The molecule has 2 amide bonds. The first-order valence-corrected chi connectivity index (χ1v) is 8.63. The standard InChI is InChI=1S/C18H25N3O2/c22-17(13-19-12-14-8-9-14)20-16-7-3-2-6-15(16)18(23)21-10-4-1-5-11-21/h2-3,6-7,14,19H,1,4-5,8-13H2,(H,20,22). The van der Waals surface area contributed by atoms with Crippen molar-refractivity contribution < 1.29 is 9.59 Å². The van der Waals surface area contributed by atoms with E-state index in [-0.39, 0.29) is 11.8 Å². The van der Waals surface area contributed by atoms with Crippen molar-refractivity contribution in [2.75, 3.05) is 31.5 Å². The highest BCUT2D eigenvalue weighted by atomic mass is 16.2. The molecule has 1 aromatic rings. The highest BCUT2D eigenvalue weighted by Crippen LogP contribution is 2.27. The lowest BCUT2D eigenvalue weighted by Crippen LogP contribution is -2.36. The number of nitrogens with zero attached hydrogens (tertiary/aromatic N) is 1. The zero-order valence-corrected chi connectivity index (χ0v) is 13.5. The maximum absolute atomic E-state index is 12.7. The molecule has 5 nitrogen and oxygen atoms in total. The molecule has 124 valence electrons. The molecule has 5 heteroatoms. The molecule has 1 saturated carbocycles. The second-order valence-corrected chi connectivity index (χ2v) is 6.52. The highest BCUT2D eigenvalue weighted by molar-refractivity contribution is 6.04. The summed E-state index contributed by atoms with van der Waals surface area (Å²) in [4.78, 5) is 26.6. The molecule has 1 aliphatic heterocycles. The summed E-state index contributed by atoms with van der Waals surface area (Å²) in [6.45, 7) is 2.82. The fourth-order valence-electron chi connectivity index (χ4n) is 2.95. The van der Waals surface area contributed by atoms with Gasteiger partial charge < -0.3 is 15.5 Å². The number of amides is 2. The van der Waals surface area contributed by atoms with Crippen LogP contribution in [0.15, 0.2) is 24.3 Å². The molecular formula is C18H25N3O2. The number of benzene rings is 1. The van der Waals surface area contributed by atoms with Crippen LogP contribution in [0.2, 0.25) is 0 Å². The first kappa shape index (κ1) is 16.0. The Balaban J connectivity index is 1.59. The van der Waals surface area contributed by atoms with Crippen LogP contribution in [0.1, 0.15) is 42.5 Å². The fourth-order valence-corrected chi connectivity index (χ4v) is 2.95. The smallest absolute Gasteiger partial charge is 0.255 e. The van der Waals surface area contributed by atoms with E-state index < -0.39 is 0 Å². The third-order valence-corrected chi connectivity index (χ3v) is 4.49. The molecule has 1 heterocycles. The molecule has 0 aromatic heterocycles. The quantitative estimate of drug-likeness (QED) is 0.846. The Bertz CT molecular complexity index is 563. The topological polar surface area (TPSA) is 61.4 Å². The molecule has 0 unspecified atom stereocenters. The van der Waals surface area contributed by atoms with Crippen LogP contribution in [0.25, 0.3) is 0 Å². The zero-order valence-electron chi connectivity index (χ0n) is 13.5. The van der Waals surface area contributed by atoms with Gasteiger partial charge in [-0.2, -0.15) is 0 Å². The van der Waals surface area contributed by atoms with Crippen LogP contribution >= 0.6 is 0 Å². The summed E-state index contributed by atoms with van der Waals surface area (Å²) in [5.41, 5.74) is 1.20. The second kappa shape index (κ2) is 7.59.